The highest BCUT2D eigenvalue weighted by molar-refractivity contribution is 5.05. The first-order chi connectivity index (χ1) is 5.75. The van der Waals surface area contributed by atoms with Gasteiger partial charge in [-0.15, -0.1) is 0 Å². The normalized spacial score (nSPS) is 19.5. The number of nitrogens with two attached hydrogens (primary N) is 1. The zero-order valence-electron chi connectivity index (χ0n) is 7.38. The van der Waals surface area contributed by atoms with Gasteiger partial charge in [0.05, 0.1) is 5.69 Å². The summed E-state index contributed by atoms with van der Waals surface area (Å²) in [6.07, 6.45) is 5.69. The van der Waals surface area contributed by atoms with Crippen LogP contribution in [0.2, 0.25) is 0 Å². The minimum atomic E-state index is 0.165. The highest BCUT2D eigenvalue weighted by Crippen LogP contribution is 2.36. The van der Waals surface area contributed by atoms with Gasteiger partial charge in [0.2, 0.25) is 0 Å². The van der Waals surface area contributed by atoms with Crippen molar-refractivity contribution in [3.05, 3.63) is 17.7 Å². The molecule has 0 radical (unpaired) electrons. The molecule has 66 valence electrons. The van der Waals surface area contributed by atoms with Crippen LogP contribution < -0.4 is 5.73 Å². The molecule has 0 bridgehead atoms. The molecule has 3 heteroatoms. The molecule has 3 N–H and O–H groups in total. The molecule has 0 spiro atoms. The second-order valence-corrected chi connectivity index (χ2v) is 3.71. The smallest absolute Gasteiger partial charge is 0.103 e. The molecule has 0 aliphatic heterocycles. The molecular weight excluding hydrogens is 150 g/mol. The van der Waals surface area contributed by atoms with E-state index in [1.165, 1.54) is 12.8 Å². The number of aromatic nitrogens is 2. The molecule has 1 fully saturated rings. The topological polar surface area (TPSA) is 54.7 Å². The summed E-state index contributed by atoms with van der Waals surface area (Å²) in [6.45, 7) is 1.95. The molecule has 1 aromatic rings. The molecule has 1 aliphatic carbocycles. The van der Waals surface area contributed by atoms with E-state index >= 15 is 0 Å². The van der Waals surface area contributed by atoms with Gasteiger partial charge >= 0.3 is 0 Å². The second kappa shape index (κ2) is 2.90. The van der Waals surface area contributed by atoms with E-state index in [0.717, 1.165) is 23.9 Å². The van der Waals surface area contributed by atoms with Crippen molar-refractivity contribution in [1.29, 1.82) is 0 Å². The van der Waals surface area contributed by atoms with Crippen LogP contribution in [0.4, 0.5) is 0 Å². The van der Waals surface area contributed by atoms with Gasteiger partial charge in [0.25, 0.3) is 0 Å². The van der Waals surface area contributed by atoms with E-state index in [0.29, 0.717) is 0 Å². The quantitative estimate of drug-likeness (QED) is 0.713. The average molecular weight is 165 g/mol. The van der Waals surface area contributed by atoms with Crippen molar-refractivity contribution in [1.82, 2.24) is 9.97 Å². The van der Waals surface area contributed by atoms with Crippen LogP contribution in [0.15, 0.2) is 6.20 Å². The molecule has 3 nitrogen and oxygen atoms in total. The van der Waals surface area contributed by atoms with E-state index in [9.17, 15) is 0 Å². The Hall–Kier alpha value is -0.830. The van der Waals surface area contributed by atoms with Crippen molar-refractivity contribution in [2.24, 2.45) is 11.7 Å². The van der Waals surface area contributed by atoms with Gasteiger partial charge in [-0.1, -0.05) is 12.8 Å². The van der Waals surface area contributed by atoms with E-state index in [2.05, 4.69) is 9.97 Å². The third-order valence-electron chi connectivity index (χ3n) is 2.41. The number of rotatable bonds is 3. The molecule has 1 saturated carbocycles. The molecule has 0 saturated heterocycles. The average Bonchev–Trinajstić information content (AvgIpc) is 2.72. The van der Waals surface area contributed by atoms with Crippen LogP contribution >= 0.6 is 0 Å². The third kappa shape index (κ3) is 1.67. The molecule has 0 aromatic carbocycles. The van der Waals surface area contributed by atoms with Crippen molar-refractivity contribution in [2.45, 2.75) is 32.2 Å². The summed E-state index contributed by atoms with van der Waals surface area (Å²) < 4.78 is 0. The van der Waals surface area contributed by atoms with Crippen LogP contribution in [0.5, 0.6) is 0 Å². The van der Waals surface area contributed by atoms with Crippen LogP contribution in [0.1, 0.15) is 36.8 Å². The lowest BCUT2D eigenvalue weighted by Crippen LogP contribution is -2.11. The number of nitrogens with zero attached hydrogens (tertiary/aromatic N) is 1. The molecule has 1 unspecified atom stereocenters. The van der Waals surface area contributed by atoms with E-state index in [1.807, 2.05) is 13.1 Å². The number of H-pyrrole nitrogens is 1. The Bertz CT molecular complexity index is 262. The second-order valence-electron chi connectivity index (χ2n) is 3.71. The Labute approximate surface area is 72.4 Å². The highest BCUT2D eigenvalue weighted by atomic mass is 14.9. The summed E-state index contributed by atoms with van der Waals surface area (Å²) in [6, 6.07) is 0.165. The first kappa shape index (κ1) is 7.80. The Morgan fingerprint density at radius 1 is 1.75 bits per heavy atom. The maximum Gasteiger partial charge on any atom is 0.103 e. The fourth-order valence-corrected chi connectivity index (χ4v) is 1.47. The molecule has 1 aliphatic rings. The molecule has 1 atom stereocenters. The van der Waals surface area contributed by atoms with Crippen LogP contribution in [-0.2, 0) is 0 Å². The minimum absolute atomic E-state index is 0.165. The summed E-state index contributed by atoms with van der Waals surface area (Å²) in [7, 11) is 0. The number of hydrogen-bond acceptors (Lipinski definition) is 2. The fourth-order valence-electron chi connectivity index (χ4n) is 1.47. The number of hydrogen-bond donors (Lipinski definition) is 2. The monoisotopic (exact) mass is 165 g/mol. The summed E-state index contributed by atoms with van der Waals surface area (Å²) in [5.41, 5.74) is 7.06. The lowest BCUT2D eigenvalue weighted by molar-refractivity contribution is 0.585. The van der Waals surface area contributed by atoms with E-state index < -0.39 is 0 Å². The van der Waals surface area contributed by atoms with Crippen LogP contribution in [0.25, 0.3) is 0 Å². The summed E-state index contributed by atoms with van der Waals surface area (Å²) in [5.74, 6) is 1.83. The molecule has 12 heavy (non-hydrogen) atoms. The first-order valence-electron chi connectivity index (χ1n) is 4.53. The number of aryl methyl sites for hydroxylation is 1. The van der Waals surface area contributed by atoms with Crippen LogP contribution in [-0.4, -0.2) is 9.97 Å². The Morgan fingerprint density at radius 3 is 3.00 bits per heavy atom. The minimum Gasteiger partial charge on any atom is -0.345 e. The lowest BCUT2D eigenvalue weighted by Gasteiger charge is -2.07. The Kier molecular flexibility index (Phi) is 1.89. The molecular formula is C9H15N3. The summed E-state index contributed by atoms with van der Waals surface area (Å²) >= 11 is 0. The lowest BCUT2D eigenvalue weighted by atomic mass is 10.1. The Morgan fingerprint density at radius 2 is 2.50 bits per heavy atom. The van der Waals surface area contributed by atoms with Crippen LogP contribution in [0.3, 0.4) is 0 Å². The number of imidazole rings is 1. The van der Waals surface area contributed by atoms with E-state index in [4.69, 9.17) is 5.73 Å². The van der Waals surface area contributed by atoms with Crippen molar-refractivity contribution in [3.8, 4) is 0 Å². The van der Waals surface area contributed by atoms with E-state index in [-0.39, 0.29) is 6.04 Å². The predicted octanol–water partition coefficient (Wildman–Crippen LogP) is 1.52. The SMILES string of the molecule is Cc1ncc(C(N)CC2CC2)[nH]1. The van der Waals surface area contributed by atoms with Gasteiger partial charge in [-0.2, -0.15) is 0 Å². The highest BCUT2D eigenvalue weighted by Gasteiger charge is 2.24. The fraction of sp³-hybridized carbons (Fsp3) is 0.667. The van der Waals surface area contributed by atoms with E-state index in [1.54, 1.807) is 0 Å². The standard InChI is InChI=1S/C9H15N3/c1-6-11-5-9(12-6)8(10)4-7-2-3-7/h5,7-8H,2-4,10H2,1H3,(H,11,12). The molecule has 2 rings (SSSR count). The van der Waals surface area contributed by atoms with Gasteiger partial charge in [0.1, 0.15) is 5.82 Å². The van der Waals surface area contributed by atoms with Gasteiger partial charge in [-0.25, -0.2) is 4.98 Å². The predicted molar refractivity (Wildman–Crippen MR) is 47.6 cm³/mol. The van der Waals surface area contributed by atoms with Gasteiger partial charge in [0.15, 0.2) is 0 Å². The molecule has 1 heterocycles. The van der Waals surface area contributed by atoms with Gasteiger partial charge in [-0.3, -0.25) is 0 Å². The maximum atomic E-state index is 5.98. The van der Waals surface area contributed by atoms with Gasteiger partial charge < -0.3 is 10.7 Å². The zero-order valence-corrected chi connectivity index (χ0v) is 7.38. The molecule has 1 aromatic heterocycles. The third-order valence-corrected chi connectivity index (χ3v) is 2.41. The van der Waals surface area contributed by atoms with Crippen LogP contribution in [0, 0.1) is 12.8 Å². The number of aromatic amines is 1. The first-order valence-corrected chi connectivity index (χ1v) is 4.53. The van der Waals surface area contributed by atoms with Crippen molar-refractivity contribution in [2.75, 3.05) is 0 Å². The Balaban J connectivity index is 1.97. The van der Waals surface area contributed by atoms with Gasteiger partial charge in [0, 0.05) is 12.2 Å². The van der Waals surface area contributed by atoms with Crippen molar-refractivity contribution < 1.29 is 0 Å². The summed E-state index contributed by atoms with van der Waals surface area (Å²) in [4.78, 5) is 7.30. The van der Waals surface area contributed by atoms with Crippen molar-refractivity contribution >= 4 is 0 Å². The molecule has 0 amide bonds. The largest absolute Gasteiger partial charge is 0.345 e. The number of nitrogens with one attached hydrogen (secondary N) is 1. The summed E-state index contributed by atoms with van der Waals surface area (Å²) in [5, 5.41) is 0. The maximum absolute atomic E-state index is 5.98. The van der Waals surface area contributed by atoms with Gasteiger partial charge in [-0.05, 0) is 19.3 Å². The zero-order chi connectivity index (χ0) is 8.55. The van der Waals surface area contributed by atoms with Crippen molar-refractivity contribution in [3.63, 3.8) is 0 Å².